The number of rotatable bonds is 5. The molecule has 3 aromatic carbocycles. The zero-order valence-electron chi connectivity index (χ0n) is 15.9. The molecular weight excluding hydrogens is 369 g/mol. The van der Waals surface area contributed by atoms with Crippen molar-refractivity contribution in [3.63, 3.8) is 0 Å². The summed E-state index contributed by atoms with van der Waals surface area (Å²) in [5.74, 6) is -1.42. The van der Waals surface area contributed by atoms with Gasteiger partial charge in [0, 0.05) is 24.2 Å². The number of halogens is 1. The Kier molecular flexibility index (Phi) is 5.69. The van der Waals surface area contributed by atoms with E-state index in [4.69, 9.17) is 4.74 Å². The van der Waals surface area contributed by atoms with E-state index in [1.807, 2.05) is 30.3 Å². The largest absolute Gasteiger partial charge is 0.478 e. The minimum Gasteiger partial charge on any atom is -0.478 e. The SMILES string of the molecule is O=C(O)c1ccc(Cc2ccccc2)c(-c2ccccc2F)c1[C@@H]1CNCCO1. The first-order valence-corrected chi connectivity index (χ1v) is 9.65. The molecular formula is C24H22FNO3. The number of ether oxygens (including phenoxy) is 1. The van der Waals surface area contributed by atoms with Crippen molar-refractivity contribution >= 4 is 5.97 Å². The van der Waals surface area contributed by atoms with Gasteiger partial charge in [0.1, 0.15) is 5.82 Å². The molecule has 0 spiro atoms. The molecule has 0 aromatic heterocycles. The molecule has 1 saturated heterocycles. The number of hydrogen-bond acceptors (Lipinski definition) is 3. The lowest BCUT2D eigenvalue weighted by molar-refractivity contribution is 0.0266. The molecule has 148 valence electrons. The highest BCUT2D eigenvalue weighted by Gasteiger charge is 2.28. The predicted octanol–water partition coefficient (Wildman–Crippen LogP) is 4.44. The fourth-order valence-corrected chi connectivity index (χ4v) is 3.88. The van der Waals surface area contributed by atoms with Crippen LogP contribution in [0.2, 0.25) is 0 Å². The van der Waals surface area contributed by atoms with E-state index >= 15 is 0 Å². The molecule has 5 heteroatoms. The van der Waals surface area contributed by atoms with Crippen LogP contribution in [0.25, 0.3) is 11.1 Å². The summed E-state index contributed by atoms with van der Waals surface area (Å²) in [5, 5.41) is 13.1. The highest BCUT2D eigenvalue weighted by Crippen LogP contribution is 2.38. The monoisotopic (exact) mass is 391 g/mol. The summed E-state index contributed by atoms with van der Waals surface area (Å²) < 4.78 is 20.8. The summed E-state index contributed by atoms with van der Waals surface area (Å²) in [5.41, 5.74) is 3.63. The van der Waals surface area contributed by atoms with Gasteiger partial charge in [0.2, 0.25) is 0 Å². The van der Waals surface area contributed by atoms with Gasteiger partial charge < -0.3 is 15.2 Å². The van der Waals surface area contributed by atoms with Gasteiger partial charge in [-0.2, -0.15) is 0 Å². The minimum absolute atomic E-state index is 0.147. The summed E-state index contributed by atoms with van der Waals surface area (Å²) in [6.07, 6.45) is 0.109. The van der Waals surface area contributed by atoms with Gasteiger partial charge in [-0.3, -0.25) is 0 Å². The maximum atomic E-state index is 14.9. The van der Waals surface area contributed by atoms with E-state index in [1.165, 1.54) is 6.07 Å². The number of morpholine rings is 1. The molecule has 4 nitrogen and oxygen atoms in total. The van der Waals surface area contributed by atoms with Gasteiger partial charge in [0.15, 0.2) is 0 Å². The molecule has 1 aliphatic heterocycles. The molecule has 1 atom stereocenters. The number of benzene rings is 3. The Bertz CT molecular complexity index is 1010. The average Bonchev–Trinajstić information content (AvgIpc) is 2.75. The fourth-order valence-electron chi connectivity index (χ4n) is 3.88. The van der Waals surface area contributed by atoms with Crippen LogP contribution < -0.4 is 5.32 Å². The quantitative estimate of drug-likeness (QED) is 0.675. The van der Waals surface area contributed by atoms with Gasteiger partial charge in [-0.25, -0.2) is 9.18 Å². The van der Waals surface area contributed by atoms with Crippen molar-refractivity contribution in [1.82, 2.24) is 5.32 Å². The lowest BCUT2D eigenvalue weighted by atomic mass is 9.85. The molecule has 29 heavy (non-hydrogen) atoms. The second kappa shape index (κ2) is 8.55. The van der Waals surface area contributed by atoms with E-state index in [9.17, 15) is 14.3 Å². The molecule has 1 heterocycles. The first-order chi connectivity index (χ1) is 14.1. The Morgan fingerprint density at radius 1 is 1.07 bits per heavy atom. The molecule has 4 rings (SSSR count). The smallest absolute Gasteiger partial charge is 0.336 e. The van der Waals surface area contributed by atoms with Crippen molar-refractivity contribution in [1.29, 1.82) is 0 Å². The highest BCUT2D eigenvalue weighted by atomic mass is 19.1. The number of carboxylic acid groups (broad SMARTS) is 1. The normalized spacial score (nSPS) is 16.5. The zero-order valence-corrected chi connectivity index (χ0v) is 15.9. The van der Waals surface area contributed by atoms with E-state index < -0.39 is 12.1 Å². The van der Waals surface area contributed by atoms with Crippen LogP contribution in [0.1, 0.15) is 33.2 Å². The standard InChI is InChI=1S/C24H22FNO3/c25-20-9-5-4-8-18(20)22-17(14-16-6-2-1-3-7-16)10-11-19(24(27)28)23(22)21-15-26-12-13-29-21/h1-11,21,26H,12-15H2,(H,27,28)/t21-/m0/s1. The van der Waals surface area contributed by atoms with Gasteiger partial charge in [0.05, 0.1) is 18.3 Å². The van der Waals surface area contributed by atoms with Crippen molar-refractivity contribution in [3.8, 4) is 11.1 Å². The molecule has 1 fully saturated rings. The van der Waals surface area contributed by atoms with Crippen LogP contribution in [0.15, 0.2) is 66.7 Å². The van der Waals surface area contributed by atoms with E-state index in [2.05, 4.69) is 5.32 Å². The Labute approximate surface area is 169 Å². The topological polar surface area (TPSA) is 58.6 Å². The molecule has 0 radical (unpaired) electrons. The van der Waals surface area contributed by atoms with E-state index in [-0.39, 0.29) is 11.4 Å². The fraction of sp³-hybridized carbons (Fsp3) is 0.208. The second-order valence-corrected chi connectivity index (χ2v) is 7.07. The van der Waals surface area contributed by atoms with Crippen LogP contribution in [0.3, 0.4) is 0 Å². The molecule has 0 saturated carbocycles. The van der Waals surface area contributed by atoms with E-state index in [0.717, 1.165) is 11.1 Å². The van der Waals surface area contributed by atoms with E-state index in [0.29, 0.717) is 42.8 Å². The van der Waals surface area contributed by atoms with Crippen molar-refractivity contribution in [2.45, 2.75) is 12.5 Å². The minimum atomic E-state index is -1.04. The zero-order chi connectivity index (χ0) is 20.2. The maximum absolute atomic E-state index is 14.9. The summed E-state index contributed by atoms with van der Waals surface area (Å²) in [4.78, 5) is 12.0. The van der Waals surface area contributed by atoms with Gasteiger partial charge in [-0.05, 0) is 35.2 Å². The Morgan fingerprint density at radius 3 is 2.52 bits per heavy atom. The summed E-state index contributed by atoms with van der Waals surface area (Å²) in [7, 11) is 0. The number of carboxylic acids is 1. The third-order valence-corrected chi connectivity index (χ3v) is 5.19. The van der Waals surface area contributed by atoms with Crippen LogP contribution in [-0.2, 0) is 11.2 Å². The third kappa shape index (κ3) is 4.06. The second-order valence-electron chi connectivity index (χ2n) is 7.07. The van der Waals surface area contributed by atoms with Crippen LogP contribution in [0, 0.1) is 5.82 Å². The van der Waals surface area contributed by atoms with Crippen molar-refractivity contribution in [2.75, 3.05) is 19.7 Å². The molecule has 0 amide bonds. The number of nitrogens with one attached hydrogen (secondary N) is 1. The molecule has 1 aliphatic rings. The molecule has 0 unspecified atom stereocenters. The first-order valence-electron chi connectivity index (χ1n) is 9.65. The van der Waals surface area contributed by atoms with Gasteiger partial charge >= 0.3 is 5.97 Å². The lowest BCUT2D eigenvalue weighted by Crippen LogP contribution is -2.34. The number of aromatic carboxylic acids is 1. The third-order valence-electron chi connectivity index (χ3n) is 5.19. The van der Waals surface area contributed by atoms with Crippen LogP contribution in [0.4, 0.5) is 4.39 Å². The predicted molar refractivity (Wildman–Crippen MR) is 110 cm³/mol. The van der Waals surface area contributed by atoms with Crippen LogP contribution in [0.5, 0.6) is 0 Å². The van der Waals surface area contributed by atoms with Crippen LogP contribution in [-0.4, -0.2) is 30.8 Å². The van der Waals surface area contributed by atoms with Crippen molar-refractivity contribution < 1.29 is 19.0 Å². The average molecular weight is 391 g/mol. The van der Waals surface area contributed by atoms with Crippen molar-refractivity contribution in [3.05, 3.63) is 94.8 Å². The molecule has 2 N–H and O–H groups in total. The Balaban J connectivity index is 1.96. The summed E-state index contributed by atoms with van der Waals surface area (Å²) >= 11 is 0. The molecule has 0 aliphatic carbocycles. The number of carbonyl (C=O) groups is 1. The summed E-state index contributed by atoms with van der Waals surface area (Å²) in [6, 6.07) is 19.8. The highest BCUT2D eigenvalue weighted by molar-refractivity contribution is 5.93. The number of hydrogen-bond donors (Lipinski definition) is 2. The van der Waals surface area contributed by atoms with Gasteiger partial charge in [0.25, 0.3) is 0 Å². The Morgan fingerprint density at radius 2 is 1.83 bits per heavy atom. The first kappa shape index (κ1) is 19.3. The Hall–Kier alpha value is -3.02. The molecule has 3 aromatic rings. The summed E-state index contributed by atoms with van der Waals surface area (Å²) in [6.45, 7) is 1.66. The van der Waals surface area contributed by atoms with Crippen LogP contribution >= 0.6 is 0 Å². The van der Waals surface area contributed by atoms with Gasteiger partial charge in [-0.1, -0.05) is 54.6 Å². The molecule has 0 bridgehead atoms. The lowest BCUT2D eigenvalue weighted by Gasteiger charge is -2.28. The maximum Gasteiger partial charge on any atom is 0.336 e. The van der Waals surface area contributed by atoms with Crippen molar-refractivity contribution in [2.24, 2.45) is 0 Å². The van der Waals surface area contributed by atoms with E-state index in [1.54, 1.807) is 30.3 Å². The van der Waals surface area contributed by atoms with Gasteiger partial charge in [-0.15, -0.1) is 0 Å².